The number of likely N-dealkylation sites (N-methyl/N-ethyl adjacent to an activating group) is 1. The highest BCUT2D eigenvalue weighted by atomic mass is 16.4. The van der Waals surface area contributed by atoms with Crippen molar-refractivity contribution < 1.29 is 15.0 Å². The van der Waals surface area contributed by atoms with Crippen LogP contribution in [0.2, 0.25) is 0 Å². The molecule has 0 radical (unpaired) electrons. The van der Waals surface area contributed by atoms with Crippen LogP contribution >= 0.6 is 0 Å². The maximum atomic E-state index is 10.1. The van der Waals surface area contributed by atoms with E-state index in [0.717, 1.165) is 0 Å². The van der Waals surface area contributed by atoms with Crippen LogP contribution in [0.1, 0.15) is 20.8 Å². The van der Waals surface area contributed by atoms with Crippen LogP contribution in [-0.2, 0) is 4.79 Å². The van der Waals surface area contributed by atoms with E-state index in [2.05, 4.69) is 5.32 Å². The standard InChI is InChI=1S/C5H11NO3.C2H6/c1-2-6-4(3-7)5(8)9;1-2/h4,6-7H,2-3H2,1H3,(H,8,9);1-2H3. The molecule has 0 amide bonds. The Labute approximate surface area is 67.2 Å². The number of aliphatic hydroxyl groups is 1. The molecule has 3 N–H and O–H groups in total. The number of hydrogen-bond acceptors (Lipinski definition) is 3. The summed E-state index contributed by atoms with van der Waals surface area (Å²) in [6.07, 6.45) is 0. The largest absolute Gasteiger partial charge is 0.480 e. The number of carbonyl (C=O) groups is 1. The van der Waals surface area contributed by atoms with Crippen LogP contribution in [-0.4, -0.2) is 35.4 Å². The predicted octanol–water partition coefficient (Wildman–Crippen LogP) is 0.0676. The lowest BCUT2D eigenvalue weighted by atomic mass is 10.3. The molecule has 68 valence electrons. The number of aliphatic hydroxyl groups excluding tert-OH is 1. The van der Waals surface area contributed by atoms with Crippen LogP contribution in [0.25, 0.3) is 0 Å². The summed E-state index contributed by atoms with van der Waals surface area (Å²) in [5.74, 6) is -1.01. The predicted molar refractivity (Wildman–Crippen MR) is 43.5 cm³/mol. The van der Waals surface area contributed by atoms with E-state index in [1.54, 1.807) is 6.92 Å². The quantitative estimate of drug-likeness (QED) is 0.548. The van der Waals surface area contributed by atoms with Crippen LogP contribution in [0.3, 0.4) is 0 Å². The minimum atomic E-state index is -1.01. The van der Waals surface area contributed by atoms with Gasteiger partial charge in [-0.2, -0.15) is 0 Å². The monoisotopic (exact) mass is 163 g/mol. The van der Waals surface area contributed by atoms with Gasteiger partial charge in [0.2, 0.25) is 0 Å². The van der Waals surface area contributed by atoms with Crippen LogP contribution in [0.15, 0.2) is 0 Å². The van der Waals surface area contributed by atoms with Crippen LogP contribution in [0, 0.1) is 0 Å². The van der Waals surface area contributed by atoms with Crippen molar-refractivity contribution in [2.75, 3.05) is 13.2 Å². The van der Waals surface area contributed by atoms with Crippen LogP contribution in [0.4, 0.5) is 0 Å². The fraction of sp³-hybridized carbons (Fsp3) is 0.857. The Hall–Kier alpha value is -0.610. The van der Waals surface area contributed by atoms with Gasteiger partial charge < -0.3 is 15.5 Å². The van der Waals surface area contributed by atoms with Crippen molar-refractivity contribution in [2.45, 2.75) is 26.8 Å². The highest BCUT2D eigenvalue weighted by Gasteiger charge is 2.12. The Morgan fingerprint density at radius 3 is 2.09 bits per heavy atom. The molecular weight excluding hydrogens is 146 g/mol. The van der Waals surface area contributed by atoms with Crippen molar-refractivity contribution in [3.63, 3.8) is 0 Å². The average molecular weight is 163 g/mol. The first kappa shape index (κ1) is 13.0. The Balaban J connectivity index is 0. The second-order valence-corrected chi connectivity index (χ2v) is 1.63. The van der Waals surface area contributed by atoms with Crippen LogP contribution in [0.5, 0.6) is 0 Å². The average Bonchev–Trinajstić information content (AvgIpc) is 2.03. The van der Waals surface area contributed by atoms with Gasteiger partial charge in [-0.3, -0.25) is 4.79 Å². The lowest BCUT2D eigenvalue weighted by Crippen LogP contribution is -2.39. The van der Waals surface area contributed by atoms with E-state index in [1.165, 1.54) is 0 Å². The zero-order valence-corrected chi connectivity index (χ0v) is 7.29. The molecule has 0 spiro atoms. The van der Waals surface area contributed by atoms with E-state index < -0.39 is 12.0 Å². The first-order valence-electron chi connectivity index (χ1n) is 3.79. The molecule has 0 saturated heterocycles. The first-order valence-corrected chi connectivity index (χ1v) is 3.79. The van der Waals surface area contributed by atoms with Gasteiger partial charge in [-0.1, -0.05) is 20.8 Å². The second-order valence-electron chi connectivity index (χ2n) is 1.63. The van der Waals surface area contributed by atoms with Gasteiger partial charge in [0.15, 0.2) is 0 Å². The number of nitrogens with one attached hydrogen (secondary N) is 1. The number of aliphatic carboxylic acids is 1. The zero-order chi connectivity index (χ0) is 9.28. The Morgan fingerprint density at radius 1 is 1.55 bits per heavy atom. The minimum absolute atomic E-state index is 0.358. The van der Waals surface area contributed by atoms with E-state index >= 15 is 0 Å². The topological polar surface area (TPSA) is 69.6 Å². The third-order valence-corrected chi connectivity index (χ3v) is 0.931. The third-order valence-electron chi connectivity index (χ3n) is 0.931. The van der Waals surface area contributed by atoms with Crippen molar-refractivity contribution in [1.29, 1.82) is 0 Å². The number of carboxylic acids is 1. The molecule has 11 heavy (non-hydrogen) atoms. The molecule has 4 nitrogen and oxygen atoms in total. The van der Waals surface area contributed by atoms with E-state index in [9.17, 15) is 4.79 Å². The van der Waals surface area contributed by atoms with Crippen molar-refractivity contribution in [2.24, 2.45) is 0 Å². The maximum Gasteiger partial charge on any atom is 0.323 e. The van der Waals surface area contributed by atoms with Gasteiger partial charge in [0.1, 0.15) is 6.04 Å². The van der Waals surface area contributed by atoms with Crippen LogP contribution < -0.4 is 5.32 Å². The smallest absolute Gasteiger partial charge is 0.323 e. The van der Waals surface area contributed by atoms with Gasteiger partial charge in [0.25, 0.3) is 0 Å². The molecule has 0 aliphatic heterocycles. The number of rotatable bonds is 4. The van der Waals surface area contributed by atoms with E-state index in [0.29, 0.717) is 6.54 Å². The lowest BCUT2D eigenvalue weighted by Gasteiger charge is -2.07. The summed E-state index contributed by atoms with van der Waals surface area (Å²) >= 11 is 0. The molecular formula is C7H17NO3. The van der Waals surface area contributed by atoms with Crippen molar-refractivity contribution >= 4 is 5.97 Å². The summed E-state index contributed by atoms with van der Waals surface area (Å²) in [6, 6.07) is -0.810. The van der Waals surface area contributed by atoms with Crippen molar-refractivity contribution in [3.8, 4) is 0 Å². The number of hydrogen-bond donors (Lipinski definition) is 3. The molecule has 0 aliphatic carbocycles. The zero-order valence-electron chi connectivity index (χ0n) is 7.29. The normalized spacial score (nSPS) is 11.3. The lowest BCUT2D eigenvalue weighted by molar-refractivity contribution is -0.140. The summed E-state index contributed by atoms with van der Waals surface area (Å²) in [5, 5.41) is 19.2. The molecule has 0 aromatic carbocycles. The molecule has 0 bridgehead atoms. The van der Waals surface area contributed by atoms with Gasteiger partial charge in [-0.05, 0) is 6.54 Å². The summed E-state index contributed by atoms with van der Waals surface area (Å²) in [4.78, 5) is 10.1. The highest BCUT2D eigenvalue weighted by molar-refractivity contribution is 5.73. The fourth-order valence-corrected chi connectivity index (χ4v) is 0.476. The van der Waals surface area contributed by atoms with Gasteiger partial charge in [0.05, 0.1) is 6.61 Å². The minimum Gasteiger partial charge on any atom is -0.480 e. The Morgan fingerprint density at radius 2 is 2.00 bits per heavy atom. The summed E-state index contributed by atoms with van der Waals surface area (Å²) in [5.41, 5.74) is 0. The Bertz CT molecular complexity index is 95.7. The maximum absolute atomic E-state index is 10.1. The van der Waals surface area contributed by atoms with Crippen molar-refractivity contribution in [1.82, 2.24) is 5.32 Å². The van der Waals surface area contributed by atoms with Crippen molar-refractivity contribution in [3.05, 3.63) is 0 Å². The highest BCUT2D eigenvalue weighted by Crippen LogP contribution is 1.79. The summed E-state index contributed by atoms with van der Waals surface area (Å²) < 4.78 is 0. The number of carboxylic acid groups (broad SMARTS) is 1. The second kappa shape index (κ2) is 9.39. The van der Waals surface area contributed by atoms with Gasteiger partial charge in [-0.15, -0.1) is 0 Å². The molecule has 4 heteroatoms. The SMILES string of the molecule is CC.CCNC(CO)C(=O)O. The molecule has 1 atom stereocenters. The molecule has 0 heterocycles. The molecule has 0 aliphatic rings. The van der Waals surface area contributed by atoms with Gasteiger partial charge in [0, 0.05) is 0 Å². The fourth-order valence-electron chi connectivity index (χ4n) is 0.476. The molecule has 0 aromatic heterocycles. The molecule has 1 unspecified atom stereocenters. The molecule has 0 saturated carbocycles. The Kier molecular flexibility index (Phi) is 11.1. The van der Waals surface area contributed by atoms with E-state index in [-0.39, 0.29) is 6.61 Å². The molecule has 0 fully saturated rings. The molecule has 0 rings (SSSR count). The van der Waals surface area contributed by atoms with Gasteiger partial charge >= 0.3 is 5.97 Å². The van der Waals surface area contributed by atoms with E-state index in [4.69, 9.17) is 10.2 Å². The summed E-state index contributed by atoms with van der Waals surface area (Å²) in [7, 11) is 0. The third kappa shape index (κ3) is 7.29. The first-order chi connectivity index (χ1) is 5.22. The van der Waals surface area contributed by atoms with Gasteiger partial charge in [-0.25, -0.2) is 0 Å². The summed E-state index contributed by atoms with van der Waals surface area (Å²) in [6.45, 7) is 5.98. The van der Waals surface area contributed by atoms with E-state index in [1.807, 2.05) is 13.8 Å². The molecule has 0 aromatic rings.